The first-order valence-corrected chi connectivity index (χ1v) is 8.99. The summed E-state index contributed by atoms with van der Waals surface area (Å²) in [5, 5.41) is 2.62. The molecule has 0 spiro atoms. The van der Waals surface area contributed by atoms with E-state index in [1.807, 2.05) is 0 Å². The van der Waals surface area contributed by atoms with E-state index in [4.69, 9.17) is 9.47 Å². The molecule has 1 heterocycles. The fourth-order valence-electron chi connectivity index (χ4n) is 2.84. The van der Waals surface area contributed by atoms with Crippen LogP contribution in [0.15, 0.2) is 48.5 Å². The minimum atomic E-state index is -0.648. The number of imide groups is 1. The van der Waals surface area contributed by atoms with Crippen molar-refractivity contribution in [1.82, 2.24) is 4.90 Å². The van der Waals surface area contributed by atoms with Crippen molar-refractivity contribution in [2.75, 3.05) is 19.0 Å². The van der Waals surface area contributed by atoms with Crippen molar-refractivity contribution >= 4 is 29.4 Å². The van der Waals surface area contributed by atoms with Crippen LogP contribution < -0.4 is 10.1 Å². The van der Waals surface area contributed by atoms with Gasteiger partial charge in [0.05, 0.1) is 19.2 Å². The van der Waals surface area contributed by atoms with E-state index >= 15 is 0 Å². The number of likely N-dealkylation sites (tertiary alicyclic amines) is 1. The Bertz CT molecular complexity index is 922. The lowest BCUT2D eigenvalue weighted by molar-refractivity contribution is -0.139. The number of amides is 3. The topological polar surface area (TPSA) is 102 Å². The third-order valence-electron chi connectivity index (χ3n) is 4.37. The molecule has 2 aromatic rings. The lowest BCUT2D eigenvalue weighted by Crippen LogP contribution is -2.28. The van der Waals surface area contributed by atoms with Crippen molar-refractivity contribution < 1.29 is 28.7 Å². The molecule has 0 radical (unpaired) electrons. The summed E-state index contributed by atoms with van der Waals surface area (Å²) in [5.74, 6) is -0.918. The number of nitrogens with zero attached hydrogens (tertiary/aromatic N) is 1. The summed E-state index contributed by atoms with van der Waals surface area (Å²) in [6.45, 7) is -0.259. The quantitative estimate of drug-likeness (QED) is 0.568. The molecular formula is C21H20N2O6. The fraction of sp³-hybridized carbons (Fsp3) is 0.238. The Labute approximate surface area is 167 Å². The summed E-state index contributed by atoms with van der Waals surface area (Å²) < 4.78 is 10.1. The Morgan fingerprint density at radius 1 is 1.03 bits per heavy atom. The number of carbonyl (C=O) groups excluding carboxylic acids is 4. The van der Waals surface area contributed by atoms with Crippen molar-refractivity contribution in [3.8, 4) is 5.75 Å². The summed E-state index contributed by atoms with van der Waals surface area (Å²) in [6, 6.07) is 13.2. The molecule has 8 nitrogen and oxygen atoms in total. The second kappa shape index (κ2) is 9.01. The fourth-order valence-corrected chi connectivity index (χ4v) is 2.84. The summed E-state index contributed by atoms with van der Waals surface area (Å²) in [4.78, 5) is 48.6. The number of hydrogen-bond acceptors (Lipinski definition) is 6. The molecular weight excluding hydrogens is 376 g/mol. The third-order valence-corrected chi connectivity index (χ3v) is 4.37. The second-order valence-corrected chi connectivity index (χ2v) is 6.43. The lowest BCUT2D eigenvalue weighted by Gasteiger charge is -2.13. The van der Waals surface area contributed by atoms with Gasteiger partial charge in [-0.05, 0) is 29.8 Å². The van der Waals surface area contributed by atoms with E-state index in [-0.39, 0.29) is 36.8 Å². The molecule has 1 saturated heterocycles. The van der Waals surface area contributed by atoms with Crippen LogP contribution in [0, 0.1) is 0 Å². The molecule has 1 N–H and O–H groups in total. The van der Waals surface area contributed by atoms with Gasteiger partial charge in [0.2, 0.25) is 11.8 Å². The highest BCUT2D eigenvalue weighted by Crippen LogP contribution is 2.17. The van der Waals surface area contributed by atoms with Crippen molar-refractivity contribution in [3.63, 3.8) is 0 Å². The Hall–Kier alpha value is -3.68. The molecule has 29 heavy (non-hydrogen) atoms. The van der Waals surface area contributed by atoms with Gasteiger partial charge in [-0.2, -0.15) is 0 Å². The zero-order valence-electron chi connectivity index (χ0n) is 15.8. The van der Waals surface area contributed by atoms with Gasteiger partial charge in [-0.15, -0.1) is 0 Å². The van der Waals surface area contributed by atoms with Crippen LogP contribution in [0.25, 0.3) is 0 Å². The number of hydrogen-bond donors (Lipinski definition) is 1. The van der Waals surface area contributed by atoms with Gasteiger partial charge < -0.3 is 14.8 Å². The van der Waals surface area contributed by atoms with Crippen LogP contribution in [0.5, 0.6) is 5.75 Å². The van der Waals surface area contributed by atoms with Gasteiger partial charge in [-0.1, -0.05) is 18.2 Å². The Morgan fingerprint density at radius 2 is 1.72 bits per heavy atom. The van der Waals surface area contributed by atoms with Crippen LogP contribution in [0.2, 0.25) is 0 Å². The van der Waals surface area contributed by atoms with E-state index in [9.17, 15) is 19.2 Å². The van der Waals surface area contributed by atoms with Gasteiger partial charge in [-0.3, -0.25) is 19.3 Å². The first-order chi connectivity index (χ1) is 14.0. The maximum atomic E-state index is 12.1. The molecule has 3 amide bonds. The van der Waals surface area contributed by atoms with Gasteiger partial charge >= 0.3 is 5.97 Å². The van der Waals surface area contributed by atoms with Crippen molar-refractivity contribution in [2.24, 2.45) is 0 Å². The number of ether oxygens (including phenoxy) is 2. The average Bonchev–Trinajstić information content (AvgIpc) is 3.04. The van der Waals surface area contributed by atoms with Gasteiger partial charge in [-0.25, -0.2) is 4.79 Å². The number of nitrogens with one attached hydrogen (secondary N) is 1. The molecule has 0 atom stereocenters. The van der Waals surface area contributed by atoms with E-state index in [1.165, 1.54) is 24.1 Å². The Kier molecular flexibility index (Phi) is 6.23. The number of esters is 1. The number of carbonyl (C=O) groups is 4. The minimum absolute atomic E-state index is 0.177. The molecule has 1 aliphatic heterocycles. The van der Waals surface area contributed by atoms with Crippen LogP contribution in [0.1, 0.15) is 28.8 Å². The van der Waals surface area contributed by atoms with Crippen LogP contribution >= 0.6 is 0 Å². The third kappa shape index (κ3) is 5.19. The van der Waals surface area contributed by atoms with Gasteiger partial charge in [0.15, 0.2) is 6.61 Å². The molecule has 0 aliphatic carbocycles. The smallest absolute Gasteiger partial charge is 0.338 e. The van der Waals surface area contributed by atoms with E-state index in [1.54, 1.807) is 36.4 Å². The predicted octanol–water partition coefficient (Wildman–Crippen LogP) is 2.14. The highest BCUT2D eigenvalue weighted by atomic mass is 16.5. The van der Waals surface area contributed by atoms with Crippen molar-refractivity contribution in [1.29, 1.82) is 0 Å². The summed E-state index contributed by atoms with van der Waals surface area (Å²) in [6.07, 6.45) is 0.474. The highest BCUT2D eigenvalue weighted by Gasteiger charge is 2.28. The van der Waals surface area contributed by atoms with E-state index in [2.05, 4.69) is 5.32 Å². The van der Waals surface area contributed by atoms with Crippen molar-refractivity contribution in [2.45, 2.75) is 19.4 Å². The second-order valence-electron chi connectivity index (χ2n) is 6.43. The molecule has 0 saturated carbocycles. The van der Waals surface area contributed by atoms with Gasteiger partial charge in [0.25, 0.3) is 5.91 Å². The monoisotopic (exact) mass is 396 g/mol. The van der Waals surface area contributed by atoms with Gasteiger partial charge in [0.1, 0.15) is 5.75 Å². The maximum Gasteiger partial charge on any atom is 0.338 e. The van der Waals surface area contributed by atoms with Gasteiger partial charge in [0, 0.05) is 24.6 Å². The molecule has 150 valence electrons. The standard InChI is InChI=1S/C21H20N2O6/c1-28-17-4-2-3-16(11-17)22-18(24)13-29-21(27)15-7-5-14(6-8-15)12-23-19(25)9-10-20(23)26/h2-8,11H,9-10,12-13H2,1H3,(H,22,24). The molecule has 0 bridgehead atoms. The van der Waals surface area contributed by atoms with Crippen LogP contribution in [-0.2, 0) is 25.7 Å². The number of benzene rings is 2. The first kappa shape index (κ1) is 20.1. The minimum Gasteiger partial charge on any atom is -0.497 e. The molecule has 2 aromatic carbocycles. The van der Waals surface area contributed by atoms with Crippen LogP contribution in [0.4, 0.5) is 5.69 Å². The Morgan fingerprint density at radius 3 is 2.38 bits per heavy atom. The van der Waals surface area contributed by atoms with Crippen LogP contribution in [0.3, 0.4) is 0 Å². The molecule has 3 rings (SSSR count). The summed E-state index contributed by atoms with van der Waals surface area (Å²) >= 11 is 0. The molecule has 0 unspecified atom stereocenters. The zero-order chi connectivity index (χ0) is 20.8. The predicted molar refractivity (Wildman–Crippen MR) is 103 cm³/mol. The zero-order valence-corrected chi connectivity index (χ0v) is 15.8. The number of methoxy groups -OCH3 is 1. The molecule has 1 aliphatic rings. The maximum absolute atomic E-state index is 12.1. The Balaban J connectivity index is 1.50. The van der Waals surface area contributed by atoms with E-state index < -0.39 is 18.5 Å². The summed E-state index contributed by atoms with van der Waals surface area (Å²) in [5.41, 5.74) is 1.52. The average molecular weight is 396 g/mol. The first-order valence-electron chi connectivity index (χ1n) is 8.99. The SMILES string of the molecule is COc1cccc(NC(=O)COC(=O)c2ccc(CN3C(=O)CCC3=O)cc2)c1. The van der Waals surface area contributed by atoms with E-state index in [0.717, 1.165) is 5.56 Å². The summed E-state index contributed by atoms with van der Waals surface area (Å²) in [7, 11) is 1.52. The normalized spacial score (nSPS) is 13.3. The van der Waals surface area contributed by atoms with Crippen molar-refractivity contribution in [3.05, 3.63) is 59.7 Å². The van der Waals surface area contributed by atoms with E-state index in [0.29, 0.717) is 11.4 Å². The lowest BCUT2D eigenvalue weighted by atomic mass is 10.1. The molecule has 0 aromatic heterocycles. The number of anilines is 1. The molecule has 8 heteroatoms. The molecule has 1 fully saturated rings. The van der Waals surface area contributed by atoms with Crippen LogP contribution in [-0.4, -0.2) is 42.3 Å². The largest absolute Gasteiger partial charge is 0.497 e. The highest BCUT2D eigenvalue weighted by molar-refractivity contribution is 6.01. The number of rotatable bonds is 7.